The minimum absolute atomic E-state index is 0.00785. The topological polar surface area (TPSA) is 111 Å². The molecule has 0 saturated carbocycles. The summed E-state index contributed by atoms with van der Waals surface area (Å²) in [6.07, 6.45) is -0.843. The summed E-state index contributed by atoms with van der Waals surface area (Å²) in [5, 5.41) is 25.7. The zero-order valence-electron chi connectivity index (χ0n) is 18.7. The van der Waals surface area contributed by atoms with Crippen molar-refractivity contribution in [1.29, 1.82) is 0 Å². The highest BCUT2D eigenvalue weighted by molar-refractivity contribution is 5.83. The lowest BCUT2D eigenvalue weighted by molar-refractivity contribution is -0.139. The molecule has 2 rings (SSSR count). The predicted molar refractivity (Wildman–Crippen MR) is 114 cm³/mol. The van der Waals surface area contributed by atoms with Crippen molar-refractivity contribution in [2.24, 2.45) is 5.41 Å². The molecule has 1 aromatic carbocycles. The highest BCUT2D eigenvalue weighted by Gasteiger charge is 2.41. The third-order valence-electron chi connectivity index (χ3n) is 5.61. The predicted octanol–water partition coefficient (Wildman–Crippen LogP) is 1.67. The van der Waals surface area contributed by atoms with E-state index in [1.54, 1.807) is 44.7 Å². The van der Waals surface area contributed by atoms with Crippen LogP contribution in [0.4, 0.5) is 9.18 Å². The van der Waals surface area contributed by atoms with Gasteiger partial charge in [0.1, 0.15) is 17.6 Å². The average Bonchev–Trinajstić information content (AvgIpc) is 2.71. The van der Waals surface area contributed by atoms with Crippen LogP contribution in [0.1, 0.15) is 44.7 Å². The molecule has 1 fully saturated rings. The van der Waals surface area contributed by atoms with Gasteiger partial charge in [-0.25, -0.2) is 9.18 Å². The summed E-state index contributed by atoms with van der Waals surface area (Å²) >= 11 is 0. The van der Waals surface area contributed by atoms with Gasteiger partial charge >= 0.3 is 6.09 Å². The molecular formula is C22H34FN3O5. The Morgan fingerprint density at radius 2 is 1.90 bits per heavy atom. The number of aliphatic hydroxyl groups is 2. The summed E-state index contributed by atoms with van der Waals surface area (Å²) in [5.74, 6) is -0.620. The number of halogens is 1. The molecule has 1 aliphatic rings. The van der Waals surface area contributed by atoms with Gasteiger partial charge in [-0.15, -0.1) is 0 Å². The van der Waals surface area contributed by atoms with E-state index in [2.05, 4.69) is 10.6 Å². The van der Waals surface area contributed by atoms with Gasteiger partial charge in [0.15, 0.2) is 0 Å². The van der Waals surface area contributed by atoms with Gasteiger partial charge in [0.05, 0.1) is 18.6 Å². The molecule has 174 valence electrons. The summed E-state index contributed by atoms with van der Waals surface area (Å²) in [6.45, 7) is 7.52. The number of hydrogen-bond acceptors (Lipinski definition) is 6. The lowest BCUT2D eigenvalue weighted by atomic mass is 9.78. The molecule has 1 aromatic rings. The van der Waals surface area contributed by atoms with Gasteiger partial charge in [-0.05, 0) is 57.7 Å². The maximum Gasteiger partial charge on any atom is 0.407 e. The summed E-state index contributed by atoms with van der Waals surface area (Å²) in [4.78, 5) is 26.3. The van der Waals surface area contributed by atoms with E-state index >= 15 is 0 Å². The van der Waals surface area contributed by atoms with Gasteiger partial charge in [0.2, 0.25) is 5.91 Å². The SMILES string of the molecule is Cc1c(F)cccc1CNC(=O)C1(CO)CCN(C(O)CNC(=O)OC(C)(C)C)CC1. The zero-order valence-corrected chi connectivity index (χ0v) is 18.7. The molecule has 1 saturated heterocycles. The highest BCUT2D eigenvalue weighted by Crippen LogP contribution is 2.32. The van der Waals surface area contributed by atoms with Crippen LogP contribution in [0, 0.1) is 18.2 Å². The molecule has 31 heavy (non-hydrogen) atoms. The molecule has 0 aromatic heterocycles. The number of ether oxygens (including phenoxy) is 1. The first-order valence-corrected chi connectivity index (χ1v) is 10.5. The Bertz CT molecular complexity index is 773. The Morgan fingerprint density at radius 3 is 2.48 bits per heavy atom. The van der Waals surface area contributed by atoms with Crippen molar-refractivity contribution in [2.45, 2.75) is 58.9 Å². The van der Waals surface area contributed by atoms with E-state index in [1.165, 1.54) is 6.07 Å². The van der Waals surface area contributed by atoms with E-state index in [0.29, 0.717) is 37.1 Å². The molecule has 1 unspecified atom stereocenters. The van der Waals surface area contributed by atoms with Crippen LogP contribution in [0.5, 0.6) is 0 Å². The smallest absolute Gasteiger partial charge is 0.407 e. The van der Waals surface area contributed by atoms with Crippen molar-refractivity contribution in [1.82, 2.24) is 15.5 Å². The van der Waals surface area contributed by atoms with Crippen molar-refractivity contribution in [3.05, 3.63) is 35.1 Å². The van der Waals surface area contributed by atoms with Crippen molar-refractivity contribution >= 4 is 12.0 Å². The van der Waals surface area contributed by atoms with E-state index in [-0.39, 0.29) is 31.4 Å². The standard InChI is InChI=1S/C22H34FN3O5/c1-15-16(6-5-7-17(15)23)12-24-19(29)22(14-27)8-10-26(11-9-22)18(28)13-25-20(30)31-21(2,3)4/h5-7,18,27-28H,8-14H2,1-4H3,(H,24,29)(H,25,30). The monoisotopic (exact) mass is 439 g/mol. The molecule has 1 aliphatic heterocycles. The number of hydrogen-bond donors (Lipinski definition) is 4. The van der Waals surface area contributed by atoms with Crippen LogP contribution in [-0.2, 0) is 16.1 Å². The van der Waals surface area contributed by atoms with E-state index in [4.69, 9.17) is 4.74 Å². The quantitative estimate of drug-likeness (QED) is 0.514. The van der Waals surface area contributed by atoms with Gasteiger partial charge in [-0.3, -0.25) is 9.69 Å². The van der Waals surface area contributed by atoms with Gasteiger partial charge < -0.3 is 25.6 Å². The molecule has 8 nitrogen and oxygen atoms in total. The van der Waals surface area contributed by atoms with Gasteiger partial charge in [-0.1, -0.05) is 12.1 Å². The van der Waals surface area contributed by atoms with E-state index in [1.807, 2.05) is 0 Å². The maximum absolute atomic E-state index is 13.7. The molecule has 1 atom stereocenters. The number of carbonyl (C=O) groups excluding carboxylic acids is 2. The normalized spacial score (nSPS) is 17.6. The fourth-order valence-corrected chi connectivity index (χ4v) is 3.53. The van der Waals surface area contributed by atoms with Crippen LogP contribution in [-0.4, -0.2) is 65.2 Å². The van der Waals surface area contributed by atoms with Crippen LogP contribution >= 0.6 is 0 Å². The molecule has 4 N–H and O–H groups in total. The van der Waals surface area contributed by atoms with Crippen molar-refractivity contribution in [3.8, 4) is 0 Å². The van der Waals surface area contributed by atoms with Gasteiger partial charge in [0, 0.05) is 19.6 Å². The number of rotatable bonds is 7. The molecule has 1 heterocycles. The van der Waals surface area contributed by atoms with Crippen molar-refractivity contribution < 1.29 is 28.9 Å². The largest absolute Gasteiger partial charge is 0.444 e. The molecule has 0 radical (unpaired) electrons. The number of amides is 2. The number of nitrogens with zero attached hydrogens (tertiary/aromatic N) is 1. The van der Waals surface area contributed by atoms with Crippen LogP contribution in [0.2, 0.25) is 0 Å². The average molecular weight is 440 g/mol. The molecular weight excluding hydrogens is 405 g/mol. The lowest BCUT2D eigenvalue weighted by Crippen LogP contribution is -2.54. The minimum atomic E-state index is -0.962. The molecule has 2 amide bonds. The fraction of sp³-hybridized carbons (Fsp3) is 0.636. The Morgan fingerprint density at radius 1 is 1.26 bits per heavy atom. The van der Waals surface area contributed by atoms with E-state index in [0.717, 1.165) is 0 Å². The minimum Gasteiger partial charge on any atom is -0.444 e. The second-order valence-corrected chi connectivity index (χ2v) is 9.04. The van der Waals surface area contributed by atoms with Gasteiger partial charge in [0.25, 0.3) is 0 Å². The summed E-state index contributed by atoms with van der Waals surface area (Å²) in [6, 6.07) is 4.71. The number of piperidine rings is 1. The molecule has 0 bridgehead atoms. The number of aliphatic hydroxyl groups excluding tert-OH is 2. The Kier molecular flexibility index (Phi) is 8.39. The Labute approximate surface area is 182 Å². The number of likely N-dealkylation sites (tertiary alicyclic amines) is 1. The van der Waals surface area contributed by atoms with E-state index in [9.17, 15) is 24.2 Å². The van der Waals surface area contributed by atoms with Crippen molar-refractivity contribution in [3.63, 3.8) is 0 Å². The number of benzene rings is 1. The van der Waals surface area contributed by atoms with Crippen LogP contribution in [0.25, 0.3) is 0 Å². The first-order valence-electron chi connectivity index (χ1n) is 10.5. The second kappa shape index (κ2) is 10.4. The van der Waals surface area contributed by atoms with Crippen LogP contribution in [0.3, 0.4) is 0 Å². The van der Waals surface area contributed by atoms with Crippen molar-refractivity contribution in [2.75, 3.05) is 26.2 Å². The third kappa shape index (κ3) is 6.88. The number of nitrogens with one attached hydrogen (secondary N) is 2. The molecule has 9 heteroatoms. The second-order valence-electron chi connectivity index (χ2n) is 9.04. The summed E-state index contributed by atoms with van der Waals surface area (Å²) in [7, 11) is 0. The number of carbonyl (C=O) groups is 2. The Balaban J connectivity index is 1.86. The van der Waals surface area contributed by atoms with E-state index < -0.39 is 23.3 Å². The molecule has 0 aliphatic carbocycles. The zero-order chi connectivity index (χ0) is 23.2. The van der Waals surface area contributed by atoms with Crippen LogP contribution in [0.15, 0.2) is 18.2 Å². The maximum atomic E-state index is 13.7. The molecule has 0 spiro atoms. The Hall–Kier alpha value is -2.23. The number of alkyl carbamates (subject to hydrolysis) is 1. The summed E-state index contributed by atoms with van der Waals surface area (Å²) < 4.78 is 18.8. The van der Waals surface area contributed by atoms with Gasteiger partial charge in [-0.2, -0.15) is 0 Å². The fourth-order valence-electron chi connectivity index (χ4n) is 3.53. The first-order chi connectivity index (χ1) is 14.5. The third-order valence-corrected chi connectivity index (χ3v) is 5.61. The first kappa shape index (κ1) is 25.0. The summed E-state index contributed by atoms with van der Waals surface area (Å²) in [5.41, 5.74) is -0.423. The lowest BCUT2D eigenvalue weighted by Gasteiger charge is -2.41. The van der Waals surface area contributed by atoms with Crippen LogP contribution < -0.4 is 10.6 Å². The highest BCUT2D eigenvalue weighted by atomic mass is 19.1.